The van der Waals surface area contributed by atoms with Crippen LogP contribution in [0.5, 0.6) is 5.75 Å². The van der Waals surface area contributed by atoms with Crippen molar-refractivity contribution in [2.75, 3.05) is 12.4 Å². The molecule has 0 bridgehead atoms. The summed E-state index contributed by atoms with van der Waals surface area (Å²) in [4.78, 5) is 26.0. The Morgan fingerprint density at radius 1 is 1.00 bits per heavy atom. The number of nitrogens with zero attached hydrogens (tertiary/aromatic N) is 1. The van der Waals surface area contributed by atoms with Gasteiger partial charge >= 0.3 is 139 Å². The van der Waals surface area contributed by atoms with Crippen molar-refractivity contribution in [1.29, 1.82) is 0 Å². The number of carbonyl (C=O) groups excluding carboxylic acids is 1. The maximum absolute atomic E-state index is 12.3. The smallest absolute Gasteiger partial charge is 0.0507 e. The molecule has 0 saturated heterocycles. The van der Waals surface area contributed by atoms with E-state index in [2.05, 4.69) is 22.4 Å². The summed E-state index contributed by atoms with van der Waals surface area (Å²) in [6.45, 7) is 1.08. The van der Waals surface area contributed by atoms with Gasteiger partial charge in [-0.05, 0) is 23.3 Å². The average Bonchev–Trinajstić information content (AvgIpc) is 3.14. The number of aliphatic carboxylic acids is 1. The summed E-state index contributed by atoms with van der Waals surface area (Å²) in [6.07, 6.45) is 1.88. The van der Waals surface area contributed by atoms with E-state index in [1.165, 1.54) is 14.6 Å². The van der Waals surface area contributed by atoms with E-state index >= 15 is 0 Å². The van der Waals surface area contributed by atoms with Crippen LogP contribution in [0.25, 0.3) is 17.2 Å². The van der Waals surface area contributed by atoms with Crippen LogP contribution in [0.2, 0.25) is 0 Å². The molecule has 2 N–H and O–H groups in total. The van der Waals surface area contributed by atoms with Crippen molar-refractivity contribution in [2.24, 2.45) is 4.99 Å². The molecule has 0 radical (unpaired) electrons. The number of hydrogen-bond acceptors (Lipinski definition) is 5. The van der Waals surface area contributed by atoms with Crippen LogP contribution < -0.4 is 12.9 Å². The Hall–Kier alpha value is -2.84. The number of methoxy groups -OCH3 is 1. The number of amides is 1. The Morgan fingerprint density at radius 2 is 1.55 bits per heavy atom. The van der Waals surface area contributed by atoms with Gasteiger partial charge in [-0.25, -0.2) is 0 Å². The van der Waals surface area contributed by atoms with Crippen molar-refractivity contribution in [1.82, 2.24) is 0 Å². The number of thioether (sulfide) groups is 1. The number of rotatable bonds is 4. The fourth-order valence-corrected chi connectivity index (χ4v) is 4.10. The van der Waals surface area contributed by atoms with Crippen molar-refractivity contribution in [3.05, 3.63) is 83.3 Å². The van der Waals surface area contributed by atoms with E-state index in [9.17, 15) is 4.79 Å². The van der Waals surface area contributed by atoms with Gasteiger partial charge in [-0.1, -0.05) is 12.1 Å². The quantitative estimate of drug-likeness (QED) is 0.438. The van der Waals surface area contributed by atoms with E-state index in [4.69, 9.17) is 14.6 Å². The molecule has 0 aliphatic carbocycles. The first-order valence-corrected chi connectivity index (χ1v) is 12.0. The molecule has 1 amide bonds. The van der Waals surface area contributed by atoms with Crippen molar-refractivity contribution in [3.8, 4) is 16.9 Å². The minimum absolute atomic E-state index is 0.212. The SMILES string of the molecule is CC(=O)O.COc1ccc(-c2ccc(C=C3SC(Nc4cc[c]([Na])cc4)=NC3=O)cc2)cc1. The number of ether oxygens (including phenoxy) is 1. The van der Waals surface area contributed by atoms with Crippen molar-refractivity contribution in [2.45, 2.75) is 6.92 Å². The fraction of sp³-hybridized carbons (Fsp3) is 0.0800. The molecule has 6 nitrogen and oxygen atoms in total. The standard InChI is InChI=1S/C23H17N2O2S.C2H4O2.Na/c1-27-20-13-11-18(12-14-20)17-9-7-16(8-10-17)15-21-22(26)25-23(28-21)24-19-5-3-2-4-6-19;1-2(3)4;/h3-15H,1H3,(H,24,25,26);1H3,(H,3,4);. The summed E-state index contributed by atoms with van der Waals surface area (Å²) in [6, 6.07) is 24.2. The third-order valence-corrected chi connectivity index (χ3v) is 6.12. The zero-order valence-electron chi connectivity index (χ0n) is 18.5. The van der Waals surface area contributed by atoms with E-state index in [0.717, 1.165) is 63.0 Å². The molecule has 0 atom stereocenters. The predicted molar refractivity (Wildman–Crippen MR) is 135 cm³/mol. The van der Waals surface area contributed by atoms with Crippen molar-refractivity contribution in [3.63, 3.8) is 0 Å². The summed E-state index contributed by atoms with van der Waals surface area (Å²) in [5, 5.41) is 11.2. The molecule has 0 unspecified atom stereocenters. The first-order chi connectivity index (χ1) is 15.8. The maximum atomic E-state index is 12.3. The summed E-state index contributed by atoms with van der Waals surface area (Å²) < 4.78 is 6.53. The Kier molecular flexibility index (Phi) is 8.91. The van der Waals surface area contributed by atoms with Crippen LogP contribution in [-0.2, 0) is 9.59 Å². The number of carboxylic acid groups (broad SMARTS) is 1. The van der Waals surface area contributed by atoms with Crippen molar-refractivity contribution >= 4 is 71.3 Å². The molecule has 3 aromatic carbocycles. The van der Waals surface area contributed by atoms with Gasteiger partial charge in [0.25, 0.3) is 5.97 Å². The van der Waals surface area contributed by atoms with Crippen LogP contribution in [-0.4, -0.2) is 57.2 Å². The number of nitrogens with one attached hydrogen (secondary N) is 1. The van der Waals surface area contributed by atoms with Gasteiger partial charge in [0.05, 0.1) is 7.11 Å². The minimum Gasteiger partial charge on any atom is -0.0507 e. The first kappa shape index (κ1) is 24.8. The fourth-order valence-electron chi connectivity index (χ4n) is 2.93. The molecule has 1 aliphatic rings. The van der Waals surface area contributed by atoms with E-state index in [-0.39, 0.29) is 5.91 Å². The molecule has 4 rings (SSSR count). The zero-order valence-corrected chi connectivity index (χ0v) is 21.3. The van der Waals surface area contributed by atoms with Gasteiger partial charge in [0.1, 0.15) is 5.75 Å². The summed E-state index contributed by atoms with van der Waals surface area (Å²) in [5.41, 5.74) is 4.14. The summed E-state index contributed by atoms with van der Waals surface area (Å²) in [5.74, 6) is -0.208. The molecule has 162 valence electrons. The van der Waals surface area contributed by atoms with Gasteiger partial charge in [0, 0.05) is 6.92 Å². The van der Waals surface area contributed by atoms with Crippen LogP contribution in [0.3, 0.4) is 0 Å². The second-order valence-corrected chi connectivity index (χ2v) is 9.38. The number of carbonyl (C=O) groups is 2. The van der Waals surface area contributed by atoms with Gasteiger partial charge < -0.3 is 9.84 Å². The number of aliphatic imine (C=N–C) groups is 1. The Labute approximate surface area is 214 Å². The van der Waals surface area contributed by atoms with Gasteiger partial charge in [-0.3, -0.25) is 4.79 Å². The number of carboxylic acids is 1. The summed E-state index contributed by atoms with van der Waals surface area (Å²) in [7, 11) is 1.66. The second-order valence-electron chi connectivity index (χ2n) is 7.19. The predicted octanol–water partition coefficient (Wildman–Crippen LogP) is 4.33. The van der Waals surface area contributed by atoms with Crippen LogP contribution >= 0.6 is 11.8 Å². The molecule has 1 aliphatic heterocycles. The second kappa shape index (κ2) is 11.9. The molecule has 0 aromatic heterocycles. The molecular formula is C25H21N2NaO4S. The number of hydrogen-bond donors (Lipinski definition) is 2. The molecule has 33 heavy (non-hydrogen) atoms. The third kappa shape index (κ3) is 7.61. The molecule has 3 aromatic rings. The average molecular weight is 469 g/mol. The molecule has 1 heterocycles. The number of amidine groups is 1. The topological polar surface area (TPSA) is 88.0 Å². The van der Waals surface area contributed by atoms with Crippen molar-refractivity contribution < 1.29 is 19.4 Å². The molecule has 0 saturated carbocycles. The van der Waals surface area contributed by atoms with Gasteiger partial charge in [-0.2, -0.15) is 0 Å². The van der Waals surface area contributed by atoms with Crippen LogP contribution in [0.1, 0.15) is 12.5 Å². The number of benzene rings is 3. The van der Waals surface area contributed by atoms with Crippen LogP contribution in [0.15, 0.2) is 82.7 Å². The Balaban J connectivity index is 0.000000709. The van der Waals surface area contributed by atoms with E-state index < -0.39 is 5.97 Å². The van der Waals surface area contributed by atoms with Gasteiger partial charge in [-0.15, -0.1) is 0 Å². The van der Waals surface area contributed by atoms with E-state index in [1.807, 2.05) is 66.7 Å². The van der Waals surface area contributed by atoms with Crippen LogP contribution in [0.4, 0.5) is 5.69 Å². The zero-order chi connectivity index (χ0) is 23.8. The van der Waals surface area contributed by atoms with Gasteiger partial charge in [0.2, 0.25) is 0 Å². The molecule has 0 fully saturated rings. The summed E-state index contributed by atoms with van der Waals surface area (Å²) >= 11 is 2.38. The molecule has 0 spiro atoms. The normalized spacial score (nSPS) is 13.8. The molecular weight excluding hydrogens is 447 g/mol. The van der Waals surface area contributed by atoms with Crippen LogP contribution in [0, 0.1) is 0 Å². The minimum atomic E-state index is -0.833. The Bertz CT molecular complexity index is 1180. The third-order valence-electron chi connectivity index (χ3n) is 4.56. The number of anilines is 1. The van der Waals surface area contributed by atoms with Gasteiger partial charge in [0.15, 0.2) is 0 Å². The first-order valence-electron chi connectivity index (χ1n) is 10.1. The monoisotopic (exact) mass is 468 g/mol. The van der Waals surface area contributed by atoms with E-state index in [1.54, 1.807) is 7.11 Å². The van der Waals surface area contributed by atoms with E-state index in [0.29, 0.717) is 10.1 Å². The Morgan fingerprint density at radius 3 is 2.09 bits per heavy atom. The molecule has 8 heteroatoms.